The standard InChI is InChI=1S/C20H27NO2/c1-8-20(7,22)17-11-15(5)21-19(16(17)6)23-18-13(3)9-12(2)10-14(18)4/h9-11,22H,8H2,1-7H3. The molecule has 3 heteroatoms. The highest BCUT2D eigenvalue weighted by Crippen LogP contribution is 2.35. The van der Waals surface area contributed by atoms with E-state index >= 15 is 0 Å². The number of rotatable bonds is 4. The lowest BCUT2D eigenvalue weighted by Gasteiger charge is -2.25. The first kappa shape index (κ1) is 17.5. The maximum atomic E-state index is 10.7. The Labute approximate surface area is 139 Å². The van der Waals surface area contributed by atoms with Crippen LogP contribution in [0.3, 0.4) is 0 Å². The molecule has 0 fully saturated rings. The number of benzene rings is 1. The average molecular weight is 313 g/mol. The van der Waals surface area contributed by atoms with Gasteiger partial charge in [0.2, 0.25) is 5.88 Å². The molecule has 0 amide bonds. The number of aryl methyl sites for hydroxylation is 4. The molecule has 2 rings (SSSR count). The van der Waals surface area contributed by atoms with Crippen LogP contribution < -0.4 is 4.74 Å². The predicted octanol–water partition coefficient (Wildman–Crippen LogP) is 5.03. The highest BCUT2D eigenvalue weighted by Gasteiger charge is 2.25. The minimum atomic E-state index is -0.882. The first-order chi connectivity index (χ1) is 10.7. The van der Waals surface area contributed by atoms with E-state index in [0.29, 0.717) is 12.3 Å². The van der Waals surface area contributed by atoms with Crippen molar-refractivity contribution in [2.45, 2.75) is 60.5 Å². The molecule has 0 saturated heterocycles. The fraction of sp³-hybridized carbons (Fsp3) is 0.450. The van der Waals surface area contributed by atoms with Crippen molar-refractivity contribution in [1.29, 1.82) is 0 Å². The zero-order chi connectivity index (χ0) is 17.4. The van der Waals surface area contributed by atoms with E-state index in [4.69, 9.17) is 4.74 Å². The van der Waals surface area contributed by atoms with Crippen molar-refractivity contribution < 1.29 is 9.84 Å². The van der Waals surface area contributed by atoms with Crippen LogP contribution in [0.4, 0.5) is 0 Å². The van der Waals surface area contributed by atoms with E-state index in [-0.39, 0.29) is 0 Å². The monoisotopic (exact) mass is 313 g/mol. The summed E-state index contributed by atoms with van der Waals surface area (Å²) in [7, 11) is 0. The second-order valence-corrected chi connectivity index (χ2v) is 6.70. The molecule has 0 spiro atoms. The highest BCUT2D eigenvalue weighted by molar-refractivity contribution is 5.47. The van der Waals surface area contributed by atoms with Crippen molar-refractivity contribution in [2.75, 3.05) is 0 Å². The summed E-state index contributed by atoms with van der Waals surface area (Å²) in [6.07, 6.45) is 0.638. The molecule has 1 aromatic heterocycles. The van der Waals surface area contributed by atoms with Gasteiger partial charge in [0, 0.05) is 11.3 Å². The van der Waals surface area contributed by atoms with Gasteiger partial charge in [0.15, 0.2) is 0 Å². The van der Waals surface area contributed by atoms with Crippen LogP contribution >= 0.6 is 0 Å². The summed E-state index contributed by atoms with van der Waals surface area (Å²) < 4.78 is 6.16. The van der Waals surface area contributed by atoms with Gasteiger partial charge in [0.05, 0.1) is 5.60 Å². The van der Waals surface area contributed by atoms with E-state index in [1.807, 2.05) is 47.6 Å². The Hall–Kier alpha value is -1.87. The van der Waals surface area contributed by atoms with Crippen LogP contribution in [0.25, 0.3) is 0 Å². The Morgan fingerprint density at radius 2 is 1.61 bits per heavy atom. The molecule has 0 aliphatic heterocycles. The molecule has 2 aromatic rings. The van der Waals surface area contributed by atoms with Crippen molar-refractivity contribution in [3.8, 4) is 11.6 Å². The topological polar surface area (TPSA) is 42.4 Å². The molecular weight excluding hydrogens is 286 g/mol. The molecule has 23 heavy (non-hydrogen) atoms. The molecule has 0 radical (unpaired) electrons. The summed E-state index contributed by atoms with van der Waals surface area (Å²) in [5.74, 6) is 1.42. The van der Waals surface area contributed by atoms with Gasteiger partial charge in [0.1, 0.15) is 5.75 Å². The van der Waals surface area contributed by atoms with E-state index in [0.717, 1.165) is 33.7 Å². The van der Waals surface area contributed by atoms with Crippen LogP contribution in [-0.4, -0.2) is 10.1 Å². The third-order valence-corrected chi connectivity index (χ3v) is 4.43. The number of pyridine rings is 1. The molecule has 124 valence electrons. The molecule has 0 bridgehead atoms. The van der Waals surface area contributed by atoms with Gasteiger partial charge in [-0.15, -0.1) is 0 Å². The van der Waals surface area contributed by atoms with Gasteiger partial charge in [0.25, 0.3) is 0 Å². The smallest absolute Gasteiger partial charge is 0.222 e. The van der Waals surface area contributed by atoms with Crippen molar-refractivity contribution >= 4 is 0 Å². The van der Waals surface area contributed by atoms with Crippen LogP contribution in [0.5, 0.6) is 11.6 Å². The van der Waals surface area contributed by atoms with Gasteiger partial charge in [-0.1, -0.05) is 24.6 Å². The first-order valence-electron chi connectivity index (χ1n) is 8.12. The summed E-state index contributed by atoms with van der Waals surface area (Å²) in [4.78, 5) is 4.55. The van der Waals surface area contributed by atoms with Gasteiger partial charge < -0.3 is 9.84 Å². The van der Waals surface area contributed by atoms with E-state index in [2.05, 4.69) is 24.0 Å². The fourth-order valence-electron chi connectivity index (χ4n) is 2.98. The van der Waals surface area contributed by atoms with Crippen LogP contribution in [-0.2, 0) is 5.60 Å². The molecular formula is C20H27NO2. The van der Waals surface area contributed by atoms with Gasteiger partial charge in [-0.05, 0) is 70.7 Å². The van der Waals surface area contributed by atoms with Crippen molar-refractivity contribution in [3.63, 3.8) is 0 Å². The lowest BCUT2D eigenvalue weighted by Crippen LogP contribution is -2.22. The third kappa shape index (κ3) is 3.56. The summed E-state index contributed by atoms with van der Waals surface area (Å²) in [5, 5.41) is 10.7. The Kier molecular flexibility index (Phi) is 4.81. The molecule has 3 nitrogen and oxygen atoms in total. The second kappa shape index (κ2) is 6.32. The largest absolute Gasteiger partial charge is 0.438 e. The Morgan fingerprint density at radius 1 is 1.04 bits per heavy atom. The summed E-state index contributed by atoms with van der Waals surface area (Å²) >= 11 is 0. The minimum absolute atomic E-state index is 0.573. The van der Waals surface area contributed by atoms with Gasteiger partial charge >= 0.3 is 0 Å². The normalized spacial score (nSPS) is 13.7. The van der Waals surface area contributed by atoms with Crippen LogP contribution in [0.1, 0.15) is 53.8 Å². The third-order valence-electron chi connectivity index (χ3n) is 4.43. The summed E-state index contributed by atoms with van der Waals surface area (Å²) in [5.41, 5.74) is 5.13. The highest BCUT2D eigenvalue weighted by atomic mass is 16.5. The minimum Gasteiger partial charge on any atom is -0.438 e. The number of aromatic nitrogens is 1. The van der Waals surface area contributed by atoms with Crippen molar-refractivity contribution in [1.82, 2.24) is 4.98 Å². The molecule has 1 N–H and O–H groups in total. The lowest BCUT2D eigenvalue weighted by molar-refractivity contribution is 0.0520. The molecule has 0 aliphatic carbocycles. The zero-order valence-electron chi connectivity index (χ0n) is 15.2. The van der Waals surface area contributed by atoms with E-state index in [9.17, 15) is 5.11 Å². The van der Waals surface area contributed by atoms with Crippen LogP contribution in [0.15, 0.2) is 18.2 Å². The van der Waals surface area contributed by atoms with Gasteiger partial charge in [-0.3, -0.25) is 0 Å². The maximum Gasteiger partial charge on any atom is 0.222 e. The van der Waals surface area contributed by atoms with Crippen LogP contribution in [0.2, 0.25) is 0 Å². The maximum absolute atomic E-state index is 10.7. The fourth-order valence-corrected chi connectivity index (χ4v) is 2.98. The molecule has 1 atom stereocenters. The quantitative estimate of drug-likeness (QED) is 0.860. The first-order valence-corrected chi connectivity index (χ1v) is 8.12. The van der Waals surface area contributed by atoms with Crippen molar-refractivity contribution in [2.24, 2.45) is 0 Å². The predicted molar refractivity (Wildman–Crippen MR) is 94.3 cm³/mol. The van der Waals surface area contributed by atoms with Crippen LogP contribution in [0, 0.1) is 34.6 Å². The molecule has 1 heterocycles. The summed E-state index contributed by atoms with van der Waals surface area (Å²) in [6.45, 7) is 13.9. The number of hydrogen-bond acceptors (Lipinski definition) is 3. The number of nitrogens with zero attached hydrogens (tertiary/aromatic N) is 1. The zero-order valence-corrected chi connectivity index (χ0v) is 15.2. The second-order valence-electron chi connectivity index (χ2n) is 6.70. The summed E-state index contributed by atoms with van der Waals surface area (Å²) in [6, 6.07) is 6.16. The molecule has 1 unspecified atom stereocenters. The number of aliphatic hydroxyl groups is 1. The van der Waals surface area contributed by atoms with Crippen molar-refractivity contribution in [3.05, 3.63) is 51.7 Å². The van der Waals surface area contributed by atoms with E-state index in [1.165, 1.54) is 5.56 Å². The molecule has 1 aromatic carbocycles. The average Bonchev–Trinajstić information content (AvgIpc) is 2.45. The Bertz CT molecular complexity index is 710. The SMILES string of the molecule is CCC(C)(O)c1cc(C)nc(Oc2c(C)cc(C)cc2C)c1C. The van der Waals surface area contributed by atoms with Gasteiger partial charge in [-0.2, -0.15) is 0 Å². The van der Waals surface area contributed by atoms with E-state index in [1.54, 1.807) is 0 Å². The molecule has 0 aliphatic rings. The molecule has 0 saturated carbocycles. The Balaban J connectivity index is 2.54. The van der Waals surface area contributed by atoms with Gasteiger partial charge in [-0.25, -0.2) is 4.98 Å². The Morgan fingerprint density at radius 3 is 2.13 bits per heavy atom. The number of hydrogen-bond donors (Lipinski definition) is 1. The van der Waals surface area contributed by atoms with E-state index < -0.39 is 5.60 Å². The lowest BCUT2D eigenvalue weighted by atomic mass is 9.90. The number of ether oxygens (including phenoxy) is 1.